The summed E-state index contributed by atoms with van der Waals surface area (Å²) in [5, 5.41) is 0. The Hall–Kier alpha value is -2.10. The normalized spacial score (nSPS) is 10.2. The molecule has 0 spiro atoms. The van der Waals surface area contributed by atoms with Gasteiger partial charge in [-0.3, -0.25) is 4.79 Å². The van der Waals surface area contributed by atoms with E-state index in [2.05, 4.69) is 9.97 Å². The zero-order valence-corrected chi connectivity index (χ0v) is 8.32. The molecule has 76 valence electrons. The highest BCUT2D eigenvalue weighted by molar-refractivity contribution is 5.69. The smallest absolute Gasteiger partial charge is 0.251 e. The van der Waals surface area contributed by atoms with Crippen LogP contribution in [-0.4, -0.2) is 9.97 Å². The van der Waals surface area contributed by atoms with Crippen molar-refractivity contribution in [1.29, 1.82) is 0 Å². The van der Waals surface area contributed by atoms with E-state index < -0.39 is 0 Å². The summed E-state index contributed by atoms with van der Waals surface area (Å²) >= 11 is 0. The first-order valence-electron chi connectivity index (χ1n) is 4.58. The Morgan fingerprint density at radius 3 is 2.93 bits per heavy atom. The van der Waals surface area contributed by atoms with Crippen molar-refractivity contribution in [3.8, 4) is 11.3 Å². The van der Waals surface area contributed by atoms with E-state index in [0.717, 1.165) is 11.1 Å². The van der Waals surface area contributed by atoms with Gasteiger partial charge in [0.1, 0.15) is 0 Å². The van der Waals surface area contributed by atoms with E-state index in [1.165, 1.54) is 12.4 Å². The van der Waals surface area contributed by atoms with Crippen LogP contribution in [0.4, 0.5) is 5.69 Å². The van der Waals surface area contributed by atoms with Crippen molar-refractivity contribution in [3.63, 3.8) is 0 Å². The second-order valence-electron chi connectivity index (χ2n) is 3.32. The molecule has 2 rings (SSSR count). The van der Waals surface area contributed by atoms with Crippen molar-refractivity contribution >= 4 is 5.69 Å². The van der Waals surface area contributed by atoms with Crippen molar-refractivity contribution in [2.24, 2.45) is 0 Å². The summed E-state index contributed by atoms with van der Waals surface area (Å²) in [5.41, 5.74) is 8.79. The Morgan fingerprint density at radius 2 is 2.20 bits per heavy atom. The van der Waals surface area contributed by atoms with Gasteiger partial charge in [0.25, 0.3) is 5.56 Å². The molecule has 0 saturated carbocycles. The molecule has 0 amide bonds. The van der Waals surface area contributed by atoms with Crippen LogP contribution < -0.4 is 11.3 Å². The van der Waals surface area contributed by atoms with Gasteiger partial charge in [-0.2, -0.15) is 0 Å². The summed E-state index contributed by atoms with van der Waals surface area (Å²) in [4.78, 5) is 17.7. The average Bonchev–Trinajstić information content (AvgIpc) is 2.22. The van der Waals surface area contributed by atoms with Gasteiger partial charge in [0.05, 0.1) is 12.0 Å². The number of aromatic amines is 1. The van der Waals surface area contributed by atoms with Gasteiger partial charge in [-0.15, -0.1) is 0 Å². The SMILES string of the molecule is Cc1c(N)cccc1-c1cc(=O)[nH]cn1. The number of anilines is 1. The maximum Gasteiger partial charge on any atom is 0.251 e. The van der Waals surface area contributed by atoms with Crippen LogP contribution in [-0.2, 0) is 0 Å². The van der Waals surface area contributed by atoms with Crippen molar-refractivity contribution in [2.75, 3.05) is 5.73 Å². The van der Waals surface area contributed by atoms with E-state index in [-0.39, 0.29) is 5.56 Å². The van der Waals surface area contributed by atoms with Crippen molar-refractivity contribution in [1.82, 2.24) is 9.97 Å². The minimum atomic E-state index is -0.165. The molecule has 1 heterocycles. The third kappa shape index (κ3) is 1.74. The fourth-order valence-electron chi connectivity index (χ4n) is 1.45. The molecule has 0 aliphatic carbocycles. The van der Waals surface area contributed by atoms with Gasteiger partial charge in [-0.25, -0.2) is 4.98 Å². The monoisotopic (exact) mass is 201 g/mol. The summed E-state index contributed by atoms with van der Waals surface area (Å²) in [7, 11) is 0. The van der Waals surface area contributed by atoms with Crippen LogP contribution in [0.5, 0.6) is 0 Å². The Kier molecular flexibility index (Phi) is 2.25. The third-order valence-corrected chi connectivity index (χ3v) is 2.33. The lowest BCUT2D eigenvalue weighted by atomic mass is 10.0. The molecular formula is C11H11N3O. The quantitative estimate of drug-likeness (QED) is 0.683. The molecule has 0 radical (unpaired) electrons. The van der Waals surface area contributed by atoms with Crippen LogP contribution in [0.25, 0.3) is 11.3 Å². The Morgan fingerprint density at radius 1 is 1.40 bits per heavy atom. The average molecular weight is 201 g/mol. The Balaban J connectivity index is 2.64. The molecule has 2 aromatic rings. The van der Waals surface area contributed by atoms with E-state index in [1.54, 1.807) is 0 Å². The molecule has 0 saturated heterocycles. The second kappa shape index (κ2) is 3.57. The van der Waals surface area contributed by atoms with Gasteiger partial charge in [-0.1, -0.05) is 12.1 Å². The first-order chi connectivity index (χ1) is 7.18. The van der Waals surface area contributed by atoms with Gasteiger partial charge in [0, 0.05) is 17.3 Å². The van der Waals surface area contributed by atoms with Crippen LogP contribution >= 0.6 is 0 Å². The largest absolute Gasteiger partial charge is 0.398 e. The summed E-state index contributed by atoms with van der Waals surface area (Å²) in [5.74, 6) is 0. The molecule has 1 aromatic carbocycles. The first-order valence-corrected chi connectivity index (χ1v) is 4.58. The molecule has 0 unspecified atom stereocenters. The van der Waals surface area contributed by atoms with Gasteiger partial charge < -0.3 is 10.7 Å². The van der Waals surface area contributed by atoms with Crippen molar-refractivity contribution < 1.29 is 0 Å². The van der Waals surface area contributed by atoms with Gasteiger partial charge in [-0.05, 0) is 18.6 Å². The predicted molar refractivity (Wildman–Crippen MR) is 59.4 cm³/mol. The lowest BCUT2D eigenvalue weighted by molar-refractivity contribution is 1.12. The number of nitrogen functional groups attached to an aromatic ring is 1. The molecule has 0 aliphatic heterocycles. The van der Waals surface area contributed by atoms with Crippen LogP contribution in [0, 0.1) is 6.92 Å². The lowest BCUT2D eigenvalue weighted by Gasteiger charge is -2.06. The fraction of sp³-hybridized carbons (Fsp3) is 0.0909. The van der Waals surface area contributed by atoms with Gasteiger partial charge >= 0.3 is 0 Å². The van der Waals surface area contributed by atoms with Crippen LogP contribution in [0.1, 0.15) is 5.56 Å². The molecule has 1 aromatic heterocycles. The Bertz CT molecular complexity index is 546. The van der Waals surface area contributed by atoms with E-state index in [1.807, 2.05) is 25.1 Å². The number of aromatic nitrogens is 2. The number of nitrogens with two attached hydrogens (primary N) is 1. The number of nitrogens with one attached hydrogen (secondary N) is 1. The summed E-state index contributed by atoms with van der Waals surface area (Å²) in [6, 6.07) is 7.03. The molecule has 4 nitrogen and oxygen atoms in total. The predicted octanol–water partition coefficient (Wildman–Crippen LogP) is 1.33. The highest BCUT2D eigenvalue weighted by atomic mass is 16.1. The third-order valence-electron chi connectivity index (χ3n) is 2.33. The maximum absolute atomic E-state index is 11.1. The summed E-state index contributed by atoms with van der Waals surface area (Å²) in [6.07, 6.45) is 1.39. The second-order valence-corrected chi connectivity index (χ2v) is 3.32. The highest BCUT2D eigenvalue weighted by Gasteiger charge is 2.05. The fourth-order valence-corrected chi connectivity index (χ4v) is 1.45. The summed E-state index contributed by atoms with van der Waals surface area (Å²) in [6.45, 7) is 1.91. The maximum atomic E-state index is 11.1. The summed E-state index contributed by atoms with van der Waals surface area (Å²) < 4.78 is 0. The zero-order chi connectivity index (χ0) is 10.8. The number of rotatable bonds is 1. The molecule has 0 fully saturated rings. The van der Waals surface area contributed by atoms with Gasteiger partial charge in [0.2, 0.25) is 0 Å². The molecule has 15 heavy (non-hydrogen) atoms. The molecule has 4 heteroatoms. The van der Waals surface area contributed by atoms with Crippen LogP contribution in [0.2, 0.25) is 0 Å². The molecule has 0 bridgehead atoms. The highest BCUT2D eigenvalue weighted by Crippen LogP contribution is 2.23. The number of H-pyrrole nitrogens is 1. The van der Waals surface area contributed by atoms with E-state index in [9.17, 15) is 4.79 Å². The zero-order valence-electron chi connectivity index (χ0n) is 8.32. The van der Waals surface area contributed by atoms with Crippen molar-refractivity contribution in [2.45, 2.75) is 6.92 Å². The van der Waals surface area contributed by atoms with E-state index in [4.69, 9.17) is 5.73 Å². The van der Waals surface area contributed by atoms with Crippen LogP contribution in [0.3, 0.4) is 0 Å². The number of hydrogen-bond acceptors (Lipinski definition) is 3. The minimum absolute atomic E-state index is 0.165. The minimum Gasteiger partial charge on any atom is -0.398 e. The van der Waals surface area contributed by atoms with E-state index >= 15 is 0 Å². The topological polar surface area (TPSA) is 71.8 Å². The van der Waals surface area contributed by atoms with E-state index in [0.29, 0.717) is 11.4 Å². The number of hydrogen-bond donors (Lipinski definition) is 2. The molecular weight excluding hydrogens is 190 g/mol. The van der Waals surface area contributed by atoms with Gasteiger partial charge in [0.15, 0.2) is 0 Å². The molecule has 0 atom stereocenters. The number of nitrogens with zero attached hydrogens (tertiary/aromatic N) is 1. The molecule has 0 aliphatic rings. The first kappa shape index (κ1) is 9.45. The standard InChI is InChI=1S/C11H11N3O/c1-7-8(3-2-4-9(7)12)10-5-11(15)14-6-13-10/h2-6H,12H2,1H3,(H,13,14,15). The van der Waals surface area contributed by atoms with Crippen LogP contribution in [0.15, 0.2) is 35.4 Å². The Labute approximate surface area is 86.8 Å². The lowest BCUT2D eigenvalue weighted by Crippen LogP contribution is -2.05. The van der Waals surface area contributed by atoms with Crippen molar-refractivity contribution in [3.05, 3.63) is 46.5 Å². The molecule has 3 N–H and O–H groups in total. The number of benzene rings is 1.